The zero-order valence-corrected chi connectivity index (χ0v) is 21.0. The number of aliphatic hydroxyl groups is 7. The number of aliphatic hydroxyl groups excluding tert-OH is 7. The summed E-state index contributed by atoms with van der Waals surface area (Å²) >= 11 is 0. The van der Waals surface area contributed by atoms with Gasteiger partial charge in [-0.2, -0.15) is 0 Å². The standard InChI is InChI=1S/C26H28O15/c27-7-16-19(33)20(34)22(36)26(40-16)41-24-17(31)11-3-2-10(38-25-21(35)18(32)14(30)8-37-25)6-15(11)39-23(24)9-1-4-12(28)13(29)5-9/h1-6,14,16,18-22,25-30,32-36H,7-8H2/t14-,16-,18+,19-,20+,21-,22-,25?,26+/m1/s1. The summed E-state index contributed by atoms with van der Waals surface area (Å²) in [5.41, 5.74) is -0.847. The number of rotatable bonds is 6. The van der Waals surface area contributed by atoms with Crippen molar-refractivity contribution in [2.24, 2.45) is 0 Å². The van der Waals surface area contributed by atoms with E-state index < -0.39 is 84.6 Å². The van der Waals surface area contributed by atoms with Gasteiger partial charge in [-0.1, -0.05) is 0 Å². The number of ether oxygens (including phenoxy) is 4. The summed E-state index contributed by atoms with van der Waals surface area (Å²) in [7, 11) is 0. The SMILES string of the molecule is O=c1c(O[C@@H]2O[C@H](CO)[C@@H](O)[C@H](O)[C@H]2O)c(-c2ccc(O)c(O)c2)oc2cc(OC3OC[C@@H](O)[C@H](O)[C@H]3O)ccc12. The molecule has 5 rings (SSSR count). The fraction of sp³-hybridized carbons (Fsp3) is 0.423. The monoisotopic (exact) mass is 580 g/mol. The molecule has 0 aliphatic carbocycles. The molecule has 2 saturated heterocycles. The van der Waals surface area contributed by atoms with Crippen LogP contribution in [-0.4, -0.2) is 114 Å². The molecule has 3 heterocycles. The number of fused-ring (bicyclic) bond motifs is 1. The number of hydrogen-bond donors (Lipinski definition) is 9. The maximum Gasteiger partial charge on any atom is 0.235 e. The molecular formula is C26H28O15. The molecule has 9 N–H and O–H groups in total. The van der Waals surface area contributed by atoms with Crippen LogP contribution in [0.5, 0.6) is 23.0 Å². The maximum absolute atomic E-state index is 13.6. The van der Waals surface area contributed by atoms with Gasteiger partial charge in [0.15, 0.2) is 17.3 Å². The van der Waals surface area contributed by atoms with Crippen LogP contribution in [0.4, 0.5) is 0 Å². The molecule has 0 amide bonds. The molecule has 0 spiro atoms. The Kier molecular flexibility index (Phi) is 8.06. The van der Waals surface area contributed by atoms with Crippen molar-refractivity contribution in [3.63, 3.8) is 0 Å². The average molecular weight is 580 g/mol. The first-order valence-corrected chi connectivity index (χ1v) is 12.4. The third-order valence-electron chi connectivity index (χ3n) is 6.85. The van der Waals surface area contributed by atoms with Gasteiger partial charge in [0, 0.05) is 11.6 Å². The quantitative estimate of drug-likeness (QED) is 0.141. The van der Waals surface area contributed by atoms with Crippen LogP contribution in [0.3, 0.4) is 0 Å². The number of hydrogen-bond acceptors (Lipinski definition) is 15. The second kappa shape index (κ2) is 11.4. The van der Waals surface area contributed by atoms with Crippen LogP contribution in [0.1, 0.15) is 0 Å². The summed E-state index contributed by atoms with van der Waals surface area (Å²) in [6.07, 6.45) is -14.2. The van der Waals surface area contributed by atoms with Gasteiger partial charge in [-0.05, 0) is 30.3 Å². The molecule has 2 fully saturated rings. The van der Waals surface area contributed by atoms with Gasteiger partial charge in [0.2, 0.25) is 23.8 Å². The normalized spacial score (nSPS) is 32.1. The number of phenolic OH excluding ortho intramolecular Hbond substituents is 2. The average Bonchev–Trinajstić information content (AvgIpc) is 2.96. The van der Waals surface area contributed by atoms with Crippen LogP contribution in [0, 0.1) is 0 Å². The largest absolute Gasteiger partial charge is 0.504 e. The first kappa shape index (κ1) is 29.0. The summed E-state index contributed by atoms with van der Waals surface area (Å²) in [4.78, 5) is 13.6. The van der Waals surface area contributed by atoms with E-state index in [0.717, 1.165) is 12.1 Å². The van der Waals surface area contributed by atoms with Gasteiger partial charge < -0.3 is 69.3 Å². The zero-order valence-electron chi connectivity index (χ0n) is 21.0. The van der Waals surface area contributed by atoms with E-state index in [4.69, 9.17) is 23.4 Å². The molecular weight excluding hydrogens is 552 g/mol. The van der Waals surface area contributed by atoms with Gasteiger partial charge in [0.05, 0.1) is 18.6 Å². The highest BCUT2D eigenvalue weighted by Gasteiger charge is 2.45. The molecule has 15 heteroatoms. The lowest BCUT2D eigenvalue weighted by Crippen LogP contribution is -2.60. The van der Waals surface area contributed by atoms with E-state index in [9.17, 15) is 50.8 Å². The summed E-state index contributed by atoms with van der Waals surface area (Å²) in [5.74, 6) is -1.84. The van der Waals surface area contributed by atoms with Gasteiger partial charge >= 0.3 is 0 Å². The minimum atomic E-state index is -1.85. The predicted octanol–water partition coefficient (Wildman–Crippen LogP) is -2.13. The molecule has 0 radical (unpaired) electrons. The highest BCUT2D eigenvalue weighted by atomic mass is 16.7. The van der Waals surface area contributed by atoms with Gasteiger partial charge in [0.1, 0.15) is 54.1 Å². The van der Waals surface area contributed by atoms with Gasteiger partial charge in [-0.25, -0.2) is 0 Å². The number of phenols is 2. The second-order valence-corrected chi connectivity index (χ2v) is 9.63. The molecule has 2 aromatic carbocycles. The lowest BCUT2D eigenvalue weighted by atomic mass is 9.99. The fourth-order valence-corrected chi connectivity index (χ4v) is 4.49. The van der Waals surface area contributed by atoms with E-state index in [1.807, 2.05) is 0 Å². The first-order chi connectivity index (χ1) is 19.5. The molecule has 9 atom stereocenters. The highest BCUT2D eigenvalue weighted by molar-refractivity contribution is 5.83. The van der Waals surface area contributed by atoms with Crippen molar-refractivity contribution in [3.05, 3.63) is 46.6 Å². The van der Waals surface area contributed by atoms with Gasteiger partial charge in [-0.3, -0.25) is 4.79 Å². The van der Waals surface area contributed by atoms with Crippen molar-refractivity contribution in [2.45, 2.75) is 55.3 Å². The Balaban J connectivity index is 1.56. The Morgan fingerprint density at radius 3 is 2.24 bits per heavy atom. The van der Waals surface area contributed by atoms with Crippen LogP contribution < -0.4 is 14.9 Å². The minimum Gasteiger partial charge on any atom is -0.504 e. The summed E-state index contributed by atoms with van der Waals surface area (Å²) < 4.78 is 27.8. The van der Waals surface area contributed by atoms with Crippen molar-refractivity contribution in [1.82, 2.24) is 0 Å². The van der Waals surface area contributed by atoms with Crippen molar-refractivity contribution >= 4 is 11.0 Å². The smallest absolute Gasteiger partial charge is 0.235 e. The Morgan fingerprint density at radius 2 is 1.54 bits per heavy atom. The van der Waals surface area contributed by atoms with Crippen LogP contribution in [-0.2, 0) is 9.47 Å². The number of benzene rings is 2. The van der Waals surface area contributed by atoms with E-state index in [1.54, 1.807) is 0 Å². The summed E-state index contributed by atoms with van der Waals surface area (Å²) in [5, 5.41) is 89.6. The molecule has 0 bridgehead atoms. The summed E-state index contributed by atoms with van der Waals surface area (Å²) in [6, 6.07) is 7.36. The molecule has 15 nitrogen and oxygen atoms in total. The predicted molar refractivity (Wildman–Crippen MR) is 134 cm³/mol. The van der Waals surface area contributed by atoms with Crippen LogP contribution >= 0.6 is 0 Å². The number of aromatic hydroxyl groups is 2. The van der Waals surface area contributed by atoms with Crippen molar-refractivity contribution in [3.8, 4) is 34.3 Å². The zero-order chi connectivity index (χ0) is 29.6. The molecule has 3 aromatic rings. The minimum absolute atomic E-state index is 0.0355. The van der Waals surface area contributed by atoms with E-state index in [-0.39, 0.29) is 34.6 Å². The maximum atomic E-state index is 13.6. The van der Waals surface area contributed by atoms with E-state index in [0.29, 0.717) is 0 Å². The van der Waals surface area contributed by atoms with Gasteiger partial charge in [0.25, 0.3) is 0 Å². The molecule has 1 aromatic heterocycles. The highest BCUT2D eigenvalue weighted by Crippen LogP contribution is 2.38. The lowest BCUT2D eigenvalue weighted by Gasteiger charge is -2.39. The van der Waals surface area contributed by atoms with Crippen LogP contribution in [0.25, 0.3) is 22.3 Å². The fourth-order valence-electron chi connectivity index (χ4n) is 4.49. The lowest BCUT2D eigenvalue weighted by molar-refractivity contribution is -0.277. The molecule has 2 aliphatic rings. The second-order valence-electron chi connectivity index (χ2n) is 9.63. The van der Waals surface area contributed by atoms with Crippen molar-refractivity contribution in [1.29, 1.82) is 0 Å². The van der Waals surface area contributed by atoms with Crippen molar-refractivity contribution < 1.29 is 69.3 Å². The Labute approximate surface area is 230 Å². The Morgan fingerprint density at radius 1 is 0.805 bits per heavy atom. The van der Waals surface area contributed by atoms with Gasteiger partial charge in [-0.15, -0.1) is 0 Å². The molecule has 0 saturated carbocycles. The topological polar surface area (TPSA) is 249 Å². The Bertz CT molecular complexity index is 1450. The van der Waals surface area contributed by atoms with Crippen molar-refractivity contribution in [2.75, 3.05) is 13.2 Å². The van der Waals surface area contributed by atoms with Crippen LogP contribution in [0.2, 0.25) is 0 Å². The third kappa shape index (κ3) is 5.42. The molecule has 41 heavy (non-hydrogen) atoms. The van der Waals surface area contributed by atoms with E-state index >= 15 is 0 Å². The first-order valence-electron chi connectivity index (χ1n) is 12.4. The third-order valence-corrected chi connectivity index (χ3v) is 6.85. The van der Waals surface area contributed by atoms with E-state index in [1.165, 1.54) is 24.3 Å². The van der Waals surface area contributed by atoms with Crippen LogP contribution in [0.15, 0.2) is 45.6 Å². The summed E-state index contributed by atoms with van der Waals surface area (Å²) in [6.45, 7) is -1.05. The molecule has 2 aliphatic heterocycles. The molecule has 1 unspecified atom stereocenters. The molecule has 222 valence electrons. The Hall–Kier alpha value is -3.51. The van der Waals surface area contributed by atoms with E-state index in [2.05, 4.69) is 0 Å².